The molecule has 0 aliphatic heterocycles. The molecule has 0 N–H and O–H groups in total. The van der Waals surface area contributed by atoms with Crippen molar-refractivity contribution < 1.29 is 34.6 Å². The fourth-order valence-corrected chi connectivity index (χ4v) is 6.74. The quantitative estimate of drug-likeness (QED) is 0.165. The van der Waals surface area contributed by atoms with Crippen LogP contribution in [0.25, 0.3) is 72.0 Å². The molecule has 5 aromatic heterocycles. The summed E-state index contributed by atoms with van der Waals surface area (Å²) >= 11 is 0. The molecule has 4 aromatic carbocycles. The van der Waals surface area contributed by atoms with E-state index in [1.165, 1.54) is 0 Å². The number of hydrogen-bond acceptors (Lipinski definition) is 5. The Hall–Kier alpha value is -4.93. The van der Waals surface area contributed by atoms with E-state index in [0.717, 1.165) is 71.8 Å². The Morgan fingerprint density at radius 3 is 2.29 bits per heavy atom. The summed E-state index contributed by atoms with van der Waals surface area (Å²) in [6, 6.07) is 37.6. The van der Waals surface area contributed by atoms with E-state index < -0.39 is 0 Å². The Kier molecular flexibility index (Phi) is 7.07. The average molecular weight is 823 g/mol. The minimum atomic E-state index is -0.238. The van der Waals surface area contributed by atoms with E-state index in [4.69, 9.17) is 23.5 Å². The van der Waals surface area contributed by atoms with Gasteiger partial charge in [-0.2, -0.15) is 29.2 Å². The average Bonchev–Trinajstić information content (AvgIpc) is 3.73. The Bertz CT molecular complexity index is 2570. The zero-order valence-electron chi connectivity index (χ0n) is 28.0. The third-order valence-corrected chi connectivity index (χ3v) is 9.19. The fraction of sp³-hybridized carbons (Fsp3) is 0.190. The van der Waals surface area contributed by atoms with Gasteiger partial charge in [0.25, 0.3) is 0 Å². The van der Waals surface area contributed by atoms with Crippen LogP contribution in [0.1, 0.15) is 52.7 Å². The van der Waals surface area contributed by atoms with Gasteiger partial charge in [0.15, 0.2) is 0 Å². The van der Waals surface area contributed by atoms with Gasteiger partial charge in [0.05, 0.1) is 11.2 Å². The summed E-state index contributed by atoms with van der Waals surface area (Å²) in [6.07, 6.45) is 0. The van der Waals surface area contributed by atoms with Gasteiger partial charge in [-0.25, -0.2) is 0 Å². The van der Waals surface area contributed by atoms with Crippen molar-refractivity contribution in [2.24, 2.45) is 0 Å². The second-order valence-corrected chi connectivity index (χ2v) is 14.6. The molecule has 0 unspecified atom stereocenters. The van der Waals surface area contributed by atoms with E-state index in [-0.39, 0.29) is 31.9 Å². The van der Waals surface area contributed by atoms with Gasteiger partial charge in [0, 0.05) is 22.5 Å². The molecule has 0 radical (unpaired) electrons. The molecule has 9 rings (SSSR count). The van der Waals surface area contributed by atoms with Crippen molar-refractivity contribution >= 4 is 54.9 Å². The van der Waals surface area contributed by atoms with Gasteiger partial charge in [-0.05, 0) is 63.2 Å². The second kappa shape index (κ2) is 11.0. The smallest absolute Gasteiger partial charge is 0.476 e. The molecular formula is C42H33N3O3Pt. The molecule has 244 valence electrons. The zero-order valence-corrected chi connectivity index (χ0v) is 30.3. The number of aromatic nitrogens is 3. The summed E-state index contributed by atoms with van der Waals surface area (Å²) < 4.78 is 21.4. The molecule has 0 amide bonds. The number of rotatable bonds is 4. The molecular weight excluding hydrogens is 790 g/mol. The van der Waals surface area contributed by atoms with Crippen molar-refractivity contribution in [2.45, 2.75) is 52.4 Å². The van der Waals surface area contributed by atoms with Gasteiger partial charge in [0.1, 0.15) is 17.0 Å². The van der Waals surface area contributed by atoms with Crippen LogP contribution in [0, 0.1) is 12.1 Å². The molecule has 0 spiro atoms. The predicted octanol–water partition coefficient (Wildman–Crippen LogP) is 11.3. The SMILES string of the molecule is CC(C)(C)c1cc(Oc2nc(-n3c4[c-]cccc4c4ccccc43)ccc2C(C)(C)C)nc(-c2[c-]c3oc4cccc5oc(c2)c3c45)c1.[Pt+2]. The summed E-state index contributed by atoms with van der Waals surface area (Å²) in [5, 5.41) is 4.22. The number of pyridine rings is 2. The second-order valence-electron chi connectivity index (χ2n) is 14.6. The molecule has 49 heavy (non-hydrogen) atoms. The van der Waals surface area contributed by atoms with Gasteiger partial charge in [0.2, 0.25) is 11.8 Å². The number of fused-ring (bicyclic) bond motifs is 3. The van der Waals surface area contributed by atoms with E-state index in [9.17, 15) is 0 Å². The minimum absolute atomic E-state index is 0. The third-order valence-electron chi connectivity index (χ3n) is 9.19. The van der Waals surface area contributed by atoms with Crippen LogP contribution in [0.15, 0.2) is 99.8 Å². The molecule has 0 aliphatic rings. The predicted molar refractivity (Wildman–Crippen MR) is 192 cm³/mol. The Morgan fingerprint density at radius 1 is 0.714 bits per heavy atom. The van der Waals surface area contributed by atoms with Crippen molar-refractivity contribution in [1.82, 2.24) is 14.5 Å². The normalized spacial score (nSPS) is 12.5. The van der Waals surface area contributed by atoms with Gasteiger partial charge in [-0.15, -0.1) is 10.9 Å². The first-order valence-corrected chi connectivity index (χ1v) is 16.2. The molecule has 0 atom stereocenters. The van der Waals surface area contributed by atoms with Crippen LogP contribution in [0.4, 0.5) is 0 Å². The molecule has 0 saturated heterocycles. The maximum atomic E-state index is 6.77. The topological polar surface area (TPSA) is 66.2 Å². The van der Waals surface area contributed by atoms with E-state index in [1.54, 1.807) is 0 Å². The number of nitrogens with zero attached hydrogens (tertiary/aromatic N) is 3. The number of furan rings is 2. The monoisotopic (exact) mass is 822 g/mol. The number of hydrogen-bond donors (Lipinski definition) is 0. The largest absolute Gasteiger partial charge is 2.00 e. The van der Waals surface area contributed by atoms with Crippen LogP contribution in [0.2, 0.25) is 0 Å². The maximum absolute atomic E-state index is 6.77. The van der Waals surface area contributed by atoms with Crippen molar-refractivity contribution in [3.63, 3.8) is 0 Å². The van der Waals surface area contributed by atoms with Crippen LogP contribution in [0.5, 0.6) is 11.8 Å². The van der Waals surface area contributed by atoms with Crippen LogP contribution >= 0.6 is 0 Å². The van der Waals surface area contributed by atoms with Crippen LogP contribution in [-0.4, -0.2) is 14.5 Å². The third kappa shape index (κ3) is 5.04. The molecule has 9 aromatic rings. The minimum Gasteiger partial charge on any atom is -0.476 e. The van der Waals surface area contributed by atoms with Crippen molar-refractivity contribution in [1.29, 1.82) is 0 Å². The Balaban J connectivity index is 0.00000348. The molecule has 0 fully saturated rings. The number of para-hydroxylation sites is 2. The number of ether oxygens (including phenoxy) is 1. The molecule has 5 heterocycles. The van der Waals surface area contributed by atoms with Gasteiger partial charge < -0.3 is 18.1 Å². The van der Waals surface area contributed by atoms with Gasteiger partial charge in [-0.3, -0.25) is 4.98 Å². The number of benzene rings is 4. The standard InChI is InChI=1S/C42H33N3O3.Pt/c1-41(2,3)25-22-29(24-20-34-39-35(21-24)47-33-17-11-16-32(46-34)38(33)39)43-37(23-25)48-40-28(42(4,5)6)18-19-36(44-40)45-30-14-9-7-12-26(30)27-13-8-10-15-31(27)45;/h7-14,16-20,22-23H,1-6H3;/q-2;+2. The first kappa shape index (κ1) is 31.3. The molecule has 7 heteroatoms. The van der Waals surface area contributed by atoms with Gasteiger partial charge in [-0.1, -0.05) is 89.5 Å². The summed E-state index contributed by atoms with van der Waals surface area (Å²) in [5.74, 6) is 1.72. The van der Waals surface area contributed by atoms with Crippen molar-refractivity contribution in [3.05, 3.63) is 114 Å². The van der Waals surface area contributed by atoms with Crippen molar-refractivity contribution in [2.75, 3.05) is 0 Å². The fourth-order valence-electron chi connectivity index (χ4n) is 6.74. The van der Waals surface area contributed by atoms with Gasteiger partial charge >= 0.3 is 21.1 Å². The van der Waals surface area contributed by atoms with Crippen LogP contribution in [0.3, 0.4) is 0 Å². The molecule has 6 nitrogen and oxygen atoms in total. The zero-order chi connectivity index (χ0) is 32.9. The van der Waals surface area contributed by atoms with Crippen LogP contribution < -0.4 is 4.74 Å². The Morgan fingerprint density at radius 2 is 1.49 bits per heavy atom. The van der Waals surface area contributed by atoms with Crippen LogP contribution in [-0.2, 0) is 31.9 Å². The van der Waals surface area contributed by atoms with E-state index in [2.05, 4.69) is 107 Å². The first-order valence-electron chi connectivity index (χ1n) is 16.2. The summed E-state index contributed by atoms with van der Waals surface area (Å²) in [5.41, 5.74) is 8.14. The molecule has 0 saturated carbocycles. The molecule has 0 aliphatic carbocycles. The summed E-state index contributed by atoms with van der Waals surface area (Å²) in [7, 11) is 0. The first-order chi connectivity index (χ1) is 23.0. The van der Waals surface area contributed by atoms with E-state index in [1.807, 2.05) is 42.5 Å². The summed E-state index contributed by atoms with van der Waals surface area (Å²) in [4.78, 5) is 10.3. The van der Waals surface area contributed by atoms with E-state index >= 15 is 0 Å². The van der Waals surface area contributed by atoms with Crippen molar-refractivity contribution in [3.8, 4) is 28.8 Å². The summed E-state index contributed by atoms with van der Waals surface area (Å²) in [6.45, 7) is 13.1. The Labute approximate surface area is 298 Å². The maximum Gasteiger partial charge on any atom is 2.00 e. The van der Waals surface area contributed by atoms with E-state index in [0.29, 0.717) is 23.0 Å². The molecule has 0 bridgehead atoms.